The van der Waals surface area contributed by atoms with Crippen LogP contribution in [0.2, 0.25) is 5.02 Å². The van der Waals surface area contributed by atoms with Crippen molar-refractivity contribution in [1.82, 2.24) is 24.6 Å². The molecule has 3 aromatic rings. The minimum atomic E-state index is 0.151. The SMILES string of the molecule is O=C(CSc1nnc(C2CC2)n1Cc1ccco1)N1CCN(Cc2cccc(Cl)c2)CC1. The van der Waals surface area contributed by atoms with Crippen molar-refractivity contribution in [3.8, 4) is 0 Å². The van der Waals surface area contributed by atoms with Crippen LogP contribution in [-0.2, 0) is 17.9 Å². The molecule has 2 aliphatic rings. The summed E-state index contributed by atoms with van der Waals surface area (Å²) in [5.74, 6) is 2.88. The van der Waals surface area contributed by atoms with Gasteiger partial charge in [0.1, 0.15) is 11.6 Å². The van der Waals surface area contributed by atoms with Gasteiger partial charge in [-0.1, -0.05) is 35.5 Å². The van der Waals surface area contributed by atoms with Crippen LogP contribution in [0, 0.1) is 0 Å². The number of rotatable bonds is 8. The van der Waals surface area contributed by atoms with Crippen LogP contribution >= 0.6 is 23.4 Å². The number of hydrogen-bond acceptors (Lipinski definition) is 6. The summed E-state index contributed by atoms with van der Waals surface area (Å²) >= 11 is 7.56. The van der Waals surface area contributed by atoms with E-state index in [0.29, 0.717) is 18.2 Å². The van der Waals surface area contributed by atoms with Gasteiger partial charge >= 0.3 is 0 Å². The van der Waals surface area contributed by atoms with Crippen LogP contribution < -0.4 is 0 Å². The second-order valence-electron chi connectivity index (χ2n) is 8.36. The zero-order chi connectivity index (χ0) is 21.9. The Labute approximate surface area is 196 Å². The van der Waals surface area contributed by atoms with Crippen LogP contribution in [0.25, 0.3) is 0 Å². The Balaban J connectivity index is 1.15. The highest BCUT2D eigenvalue weighted by Crippen LogP contribution is 2.40. The molecule has 2 aromatic heterocycles. The van der Waals surface area contributed by atoms with E-state index in [1.54, 1.807) is 6.26 Å². The van der Waals surface area contributed by atoms with E-state index in [1.165, 1.54) is 17.3 Å². The van der Waals surface area contributed by atoms with Crippen molar-refractivity contribution in [3.05, 3.63) is 64.8 Å². The summed E-state index contributed by atoms with van der Waals surface area (Å²) in [6.45, 7) is 4.67. The van der Waals surface area contributed by atoms with Gasteiger partial charge in [0.15, 0.2) is 5.16 Å². The summed E-state index contributed by atoms with van der Waals surface area (Å²) < 4.78 is 7.63. The molecule has 7 nitrogen and oxygen atoms in total. The first-order chi connectivity index (χ1) is 15.7. The summed E-state index contributed by atoms with van der Waals surface area (Å²) in [7, 11) is 0. The van der Waals surface area contributed by atoms with Crippen molar-refractivity contribution in [2.75, 3.05) is 31.9 Å². The van der Waals surface area contributed by atoms with E-state index >= 15 is 0 Å². The van der Waals surface area contributed by atoms with Crippen molar-refractivity contribution in [1.29, 1.82) is 0 Å². The number of amides is 1. The number of nitrogens with zero attached hydrogens (tertiary/aromatic N) is 5. The van der Waals surface area contributed by atoms with Crippen LogP contribution in [0.15, 0.2) is 52.2 Å². The van der Waals surface area contributed by atoms with Crippen molar-refractivity contribution >= 4 is 29.3 Å². The van der Waals surface area contributed by atoms with Crippen LogP contribution in [0.4, 0.5) is 0 Å². The lowest BCUT2D eigenvalue weighted by molar-refractivity contribution is -0.130. The Morgan fingerprint density at radius 2 is 1.94 bits per heavy atom. The molecule has 1 aliphatic carbocycles. The van der Waals surface area contributed by atoms with Crippen LogP contribution in [0.5, 0.6) is 0 Å². The highest BCUT2D eigenvalue weighted by molar-refractivity contribution is 7.99. The van der Waals surface area contributed by atoms with E-state index in [0.717, 1.165) is 67.3 Å². The van der Waals surface area contributed by atoms with Gasteiger partial charge in [0.2, 0.25) is 5.91 Å². The molecule has 0 radical (unpaired) electrons. The lowest BCUT2D eigenvalue weighted by atomic mass is 10.2. The van der Waals surface area contributed by atoms with Gasteiger partial charge in [-0.3, -0.25) is 14.3 Å². The molecule has 1 saturated heterocycles. The van der Waals surface area contributed by atoms with E-state index in [4.69, 9.17) is 16.0 Å². The smallest absolute Gasteiger partial charge is 0.233 e. The minimum Gasteiger partial charge on any atom is -0.467 e. The van der Waals surface area contributed by atoms with Gasteiger partial charge in [-0.15, -0.1) is 10.2 Å². The summed E-state index contributed by atoms with van der Waals surface area (Å²) in [4.78, 5) is 17.2. The first kappa shape index (κ1) is 21.6. The second kappa shape index (κ2) is 9.68. The number of carbonyl (C=O) groups is 1. The molecule has 0 spiro atoms. The molecule has 32 heavy (non-hydrogen) atoms. The van der Waals surface area contributed by atoms with E-state index in [-0.39, 0.29) is 5.91 Å². The normalized spacial score (nSPS) is 17.1. The Bertz CT molecular complexity index is 1060. The number of hydrogen-bond donors (Lipinski definition) is 0. The van der Waals surface area contributed by atoms with Crippen molar-refractivity contribution in [3.63, 3.8) is 0 Å². The monoisotopic (exact) mass is 471 g/mol. The molecule has 0 atom stereocenters. The number of aromatic nitrogens is 3. The highest BCUT2D eigenvalue weighted by atomic mass is 35.5. The molecule has 1 aromatic carbocycles. The predicted molar refractivity (Wildman–Crippen MR) is 124 cm³/mol. The molecule has 168 valence electrons. The third-order valence-electron chi connectivity index (χ3n) is 5.93. The fourth-order valence-corrected chi connectivity index (χ4v) is 5.08. The van der Waals surface area contributed by atoms with E-state index in [1.807, 2.05) is 35.2 Å². The quantitative estimate of drug-likeness (QED) is 0.464. The summed E-state index contributed by atoms with van der Waals surface area (Å²) in [6, 6.07) is 11.8. The third kappa shape index (κ3) is 5.19. The van der Waals surface area contributed by atoms with Gasteiger partial charge in [-0.05, 0) is 42.7 Å². The van der Waals surface area contributed by atoms with Gasteiger partial charge in [0, 0.05) is 43.7 Å². The Kier molecular flexibility index (Phi) is 6.52. The molecule has 1 amide bonds. The van der Waals surface area contributed by atoms with Crippen molar-refractivity contribution in [2.45, 2.75) is 37.0 Å². The molecule has 2 fully saturated rings. The van der Waals surface area contributed by atoms with E-state index in [9.17, 15) is 4.79 Å². The Hall–Kier alpha value is -2.29. The predicted octanol–water partition coefficient (Wildman–Crippen LogP) is 3.89. The van der Waals surface area contributed by atoms with Gasteiger partial charge < -0.3 is 9.32 Å². The minimum absolute atomic E-state index is 0.151. The number of piperazine rings is 1. The maximum Gasteiger partial charge on any atom is 0.233 e. The molecule has 0 bridgehead atoms. The van der Waals surface area contributed by atoms with Gasteiger partial charge in [-0.25, -0.2) is 0 Å². The summed E-state index contributed by atoms with van der Waals surface area (Å²) in [5, 5.41) is 10.4. The largest absolute Gasteiger partial charge is 0.467 e. The zero-order valence-electron chi connectivity index (χ0n) is 17.8. The fourth-order valence-electron chi connectivity index (χ4n) is 4.02. The topological polar surface area (TPSA) is 67.4 Å². The molecule has 1 saturated carbocycles. The standard InChI is InChI=1S/C23H26ClN5O2S/c24-19-4-1-3-17(13-19)14-27-8-10-28(11-9-27)21(30)16-32-23-26-25-22(18-6-7-18)29(23)15-20-5-2-12-31-20/h1-5,12-13,18H,6-11,14-16H2. The molecule has 9 heteroatoms. The van der Waals surface area contributed by atoms with Gasteiger partial charge in [0.25, 0.3) is 0 Å². The van der Waals surface area contributed by atoms with Crippen molar-refractivity contribution < 1.29 is 9.21 Å². The Morgan fingerprint density at radius 3 is 2.66 bits per heavy atom. The molecule has 3 heterocycles. The van der Waals surface area contributed by atoms with Crippen LogP contribution in [0.1, 0.15) is 35.9 Å². The average Bonchev–Trinajstić information content (AvgIpc) is 3.36. The number of furan rings is 1. The van der Waals surface area contributed by atoms with E-state index in [2.05, 4.69) is 25.7 Å². The maximum absolute atomic E-state index is 12.9. The molecular weight excluding hydrogens is 446 g/mol. The summed E-state index contributed by atoms with van der Waals surface area (Å²) in [5.41, 5.74) is 1.20. The Morgan fingerprint density at radius 1 is 1.09 bits per heavy atom. The zero-order valence-corrected chi connectivity index (χ0v) is 19.4. The number of carbonyl (C=O) groups excluding carboxylic acids is 1. The number of benzene rings is 1. The van der Waals surface area contributed by atoms with Crippen LogP contribution in [-0.4, -0.2) is 62.4 Å². The fraction of sp³-hybridized carbons (Fsp3) is 0.435. The van der Waals surface area contributed by atoms with Gasteiger partial charge in [-0.2, -0.15) is 0 Å². The molecular formula is C23H26ClN5O2S. The number of thioether (sulfide) groups is 1. The molecule has 0 N–H and O–H groups in total. The van der Waals surface area contributed by atoms with E-state index < -0.39 is 0 Å². The lowest BCUT2D eigenvalue weighted by Crippen LogP contribution is -2.48. The molecule has 5 rings (SSSR count). The third-order valence-corrected chi connectivity index (χ3v) is 7.11. The maximum atomic E-state index is 12.9. The van der Waals surface area contributed by atoms with Gasteiger partial charge in [0.05, 0.1) is 18.6 Å². The summed E-state index contributed by atoms with van der Waals surface area (Å²) in [6.07, 6.45) is 3.98. The highest BCUT2D eigenvalue weighted by Gasteiger charge is 2.31. The lowest BCUT2D eigenvalue weighted by Gasteiger charge is -2.34. The first-order valence-electron chi connectivity index (χ1n) is 11.0. The van der Waals surface area contributed by atoms with Crippen molar-refractivity contribution in [2.24, 2.45) is 0 Å². The second-order valence-corrected chi connectivity index (χ2v) is 9.74. The first-order valence-corrected chi connectivity index (χ1v) is 12.3. The molecule has 0 unspecified atom stereocenters. The number of halogens is 1. The molecule has 1 aliphatic heterocycles. The average molecular weight is 472 g/mol. The van der Waals surface area contributed by atoms with Crippen LogP contribution in [0.3, 0.4) is 0 Å².